The number of benzene rings is 1. The lowest BCUT2D eigenvalue weighted by atomic mass is 9.99. The van der Waals surface area contributed by atoms with E-state index < -0.39 is 0 Å². The van der Waals surface area contributed by atoms with Crippen LogP contribution in [0.3, 0.4) is 0 Å². The van der Waals surface area contributed by atoms with Gasteiger partial charge in [0.1, 0.15) is 0 Å². The minimum Gasteiger partial charge on any atom is -0.469 e. The first kappa shape index (κ1) is 23.2. The van der Waals surface area contributed by atoms with E-state index in [0.717, 1.165) is 31.2 Å². The SMILES string of the molecule is CN=C(NCCc1ccc(NC(C)=O)cc1)N1CC(C)C(C(=O)OC)C1.I. The minimum absolute atomic E-state index is 0. The molecule has 150 valence electrons. The van der Waals surface area contributed by atoms with E-state index in [1.807, 2.05) is 24.3 Å². The highest BCUT2D eigenvalue weighted by Crippen LogP contribution is 2.24. The summed E-state index contributed by atoms with van der Waals surface area (Å²) < 4.78 is 4.89. The summed E-state index contributed by atoms with van der Waals surface area (Å²) in [4.78, 5) is 29.3. The van der Waals surface area contributed by atoms with Gasteiger partial charge in [-0.25, -0.2) is 0 Å². The highest BCUT2D eigenvalue weighted by Gasteiger charge is 2.36. The van der Waals surface area contributed by atoms with Crippen molar-refractivity contribution in [1.29, 1.82) is 0 Å². The number of esters is 1. The summed E-state index contributed by atoms with van der Waals surface area (Å²) in [6.07, 6.45) is 0.837. The molecule has 1 amide bonds. The van der Waals surface area contributed by atoms with Crippen LogP contribution in [0.5, 0.6) is 0 Å². The third-order valence-corrected chi connectivity index (χ3v) is 4.60. The molecule has 1 aliphatic heterocycles. The van der Waals surface area contributed by atoms with E-state index in [9.17, 15) is 9.59 Å². The normalized spacial score (nSPS) is 19.3. The zero-order valence-corrected chi connectivity index (χ0v) is 18.7. The van der Waals surface area contributed by atoms with Crippen LogP contribution in [0.1, 0.15) is 19.4 Å². The molecule has 1 fully saturated rings. The number of likely N-dealkylation sites (tertiary alicyclic amines) is 1. The van der Waals surface area contributed by atoms with E-state index in [1.54, 1.807) is 7.05 Å². The summed E-state index contributed by atoms with van der Waals surface area (Å²) in [7, 11) is 3.18. The molecule has 2 unspecified atom stereocenters. The zero-order chi connectivity index (χ0) is 19.1. The molecule has 27 heavy (non-hydrogen) atoms. The molecule has 2 rings (SSSR count). The van der Waals surface area contributed by atoms with Gasteiger partial charge in [0.2, 0.25) is 5.91 Å². The Labute approximate surface area is 178 Å². The second kappa shape index (κ2) is 11.1. The van der Waals surface area contributed by atoms with Crippen LogP contribution in [0.2, 0.25) is 0 Å². The second-order valence-corrected chi connectivity index (χ2v) is 6.61. The topological polar surface area (TPSA) is 83.0 Å². The highest BCUT2D eigenvalue weighted by atomic mass is 127. The number of hydrogen-bond acceptors (Lipinski definition) is 4. The van der Waals surface area contributed by atoms with E-state index >= 15 is 0 Å². The number of halogens is 1. The van der Waals surface area contributed by atoms with Gasteiger partial charge in [-0.1, -0.05) is 19.1 Å². The monoisotopic (exact) mass is 488 g/mol. The molecule has 7 nitrogen and oxygen atoms in total. The maximum absolute atomic E-state index is 11.8. The van der Waals surface area contributed by atoms with Gasteiger partial charge in [0, 0.05) is 39.3 Å². The Hall–Kier alpha value is -1.84. The summed E-state index contributed by atoms with van der Waals surface area (Å²) in [5, 5.41) is 6.12. The molecule has 0 bridgehead atoms. The van der Waals surface area contributed by atoms with Crippen LogP contribution in [0.15, 0.2) is 29.3 Å². The molecule has 0 spiro atoms. The summed E-state index contributed by atoms with van der Waals surface area (Å²) in [6, 6.07) is 7.80. The Morgan fingerprint density at radius 1 is 1.26 bits per heavy atom. The van der Waals surface area contributed by atoms with Crippen LogP contribution in [0.4, 0.5) is 5.69 Å². The van der Waals surface area contributed by atoms with Gasteiger partial charge < -0.3 is 20.3 Å². The van der Waals surface area contributed by atoms with Gasteiger partial charge in [0.25, 0.3) is 0 Å². The van der Waals surface area contributed by atoms with Crippen molar-refractivity contribution < 1.29 is 14.3 Å². The Balaban J connectivity index is 0.00000364. The average molecular weight is 488 g/mol. The van der Waals surface area contributed by atoms with E-state index in [4.69, 9.17) is 4.74 Å². The largest absolute Gasteiger partial charge is 0.469 e. The van der Waals surface area contributed by atoms with Crippen molar-refractivity contribution in [1.82, 2.24) is 10.2 Å². The predicted molar refractivity (Wildman–Crippen MR) is 117 cm³/mol. The average Bonchev–Trinajstić information content (AvgIpc) is 3.00. The fourth-order valence-electron chi connectivity index (χ4n) is 3.21. The predicted octanol–water partition coefficient (Wildman–Crippen LogP) is 2.12. The number of methoxy groups -OCH3 is 1. The van der Waals surface area contributed by atoms with Crippen LogP contribution < -0.4 is 10.6 Å². The van der Waals surface area contributed by atoms with Crippen molar-refractivity contribution in [3.05, 3.63) is 29.8 Å². The lowest BCUT2D eigenvalue weighted by molar-refractivity contribution is -0.146. The molecular weight excluding hydrogens is 459 g/mol. The van der Waals surface area contributed by atoms with Crippen molar-refractivity contribution >= 4 is 47.5 Å². The number of amides is 1. The number of rotatable bonds is 5. The van der Waals surface area contributed by atoms with Crippen LogP contribution in [0.25, 0.3) is 0 Å². The number of ether oxygens (including phenoxy) is 1. The number of carbonyl (C=O) groups is 2. The maximum Gasteiger partial charge on any atom is 0.310 e. The van der Waals surface area contributed by atoms with E-state index in [1.165, 1.54) is 19.6 Å². The molecule has 2 N–H and O–H groups in total. The lowest BCUT2D eigenvalue weighted by Crippen LogP contribution is -2.41. The Bertz CT molecular complexity index is 663. The molecule has 8 heteroatoms. The van der Waals surface area contributed by atoms with Gasteiger partial charge in [-0.15, -0.1) is 24.0 Å². The molecule has 1 aromatic rings. The van der Waals surface area contributed by atoms with Gasteiger partial charge in [0.05, 0.1) is 13.0 Å². The standard InChI is InChI=1S/C19H28N4O3.HI/c1-13-11-23(12-17(13)18(25)26-4)19(20-3)21-10-9-15-5-7-16(8-6-15)22-14(2)24;/h5-8,13,17H,9-12H2,1-4H3,(H,20,21)(H,22,24);1H. The molecular formula is C19H29IN4O3. The molecule has 1 aliphatic rings. The summed E-state index contributed by atoms with van der Waals surface area (Å²) in [6.45, 7) is 5.70. The number of hydrogen-bond donors (Lipinski definition) is 2. The Morgan fingerprint density at radius 3 is 2.48 bits per heavy atom. The first-order chi connectivity index (χ1) is 12.4. The molecule has 0 saturated carbocycles. The fraction of sp³-hybridized carbons (Fsp3) is 0.526. The quantitative estimate of drug-likeness (QED) is 0.287. The number of nitrogens with one attached hydrogen (secondary N) is 2. The van der Waals surface area contributed by atoms with E-state index in [0.29, 0.717) is 6.54 Å². The smallest absolute Gasteiger partial charge is 0.310 e. The summed E-state index contributed by atoms with van der Waals surface area (Å²) >= 11 is 0. The first-order valence-corrected chi connectivity index (χ1v) is 8.84. The Morgan fingerprint density at radius 2 is 1.93 bits per heavy atom. The van der Waals surface area contributed by atoms with Crippen LogP contribution in [-0.2, 0) is 20.7 Å². The third kappa shape index (κ3) is 6.67. The van der Waals surface area contributed by atoms with Gasteiger partial charge in [-0.3, -0.25) is 14.6 Å². The number of aliphatic imine (C=N–C) groups is 1. The lowest BCUT2D eigenvalue weighted by Gasteiger charge is -2.21. The molecule has 0 aromatic heterocycles. The number of guanidine groups is 1. The van der Waals surface area contributed by atoms with Crippen LogP contribution >= 0.6 is 24.0 Å². The van der Waals surface area contributed by atoms with E-state index in [-0.39, 0.29) is 47.7 Å². The van der Waals surface area contributed by atoms with Gasteiger partial charge in [-0.2, -0.15) is 0 Å². The molecule has 2 atom stereocenters. The molecule has 1 saturated heterocycles. The minimum atomic E-state index is -0.158. The first-order valence-electron chi connectivity index (χ1n) is 8.84. The van der Waals surface area contributed by atoms with Crippen molar-refractivity contribution in [3.8, 4) is 0 Å². The van der Waals surface area contributed by atoms with Gasteiger partial charge >= 0.3 is 5.97 Å². The van der Waals surface area contributed by atoms with E-state index in [2.05, 4.69) is 27.4 Å². The van der Waals surface area contributed by atoms with Gasteiger partial charge in [-0.05, 0) is 30.0 Å². The molecule has 1 aromatic carbocycles. The number of anilines is 1. The van der Waals surface area contributed by atoms with Crippen molar-refractivity contribution in [2.45, 2.75) is 20.3 Å². The third-order valence-electron chi connectivity index (χ3n) is 4.60. The molecule has 0 aliphatic carbocycles. The molecule has 1 heterocycles. The van der Waals surface area contributed by atoms with Crippen molar-refractivity contribution in [2.24, 2.45) is 16.8 Å². The highest BCUT2D eigenvalue weighted by molar-refractivity contribution is 14.0. The van der Waals surface area contributed by atoms with Crippen molar-refractivity contribution in [2.75, 3.05) is 39.1 Å². The maximum atomic E-state index is 11.8. The summed E-state index contributed by atoms with van der Waals surface area (Å²) in [5.41, 5.74) is 1.97. The number of nitrogens with zero attached hydrogens (tertiary/aromatic N) is 2. The van der Waals surface area contributed by atoms with Crippen LogP contribution in [-0.4, -0.2) is 56.5 Å². The van der Waals surface area contributed by atoms with Gasteiger partial charge in [0.15, 0.2) is 5.96 Å². The fourth-order valence-corrected chi connectivity index (χ4v) is 3.21. The number of carbonyl (C=O) groups excluding carboxylic acids is 2. The summed E-state index contributed by atoms with van der Waals surface area (Å²) in [5.74, 6) is 0.698. The second-order valence-electron chi connectivity index (χ2n) is 6.61. The zero-order valence-electron chi connectivity index (χ0n) is 16.3. The van der Waals surface area contributed by atoms with Crippen molar-refractivity contribution in [3.63, 3.8) is 0 Å². The Kier molecular flexibility index (Phi) is 9.54. The van der Waals surface area contributed by atoms with Crippen LogP contribution in [0, 0.1) is 11.8 Å². The molecule has 0 radical (unpaired) electrons.